The van der Waals surface area contributed by atoms with Gasteiger partial charge in [-0.25, -0.2) is 4.98 Å². The van der Waals surface area contributed by atoms with Crippen LogP contribution >= 0.6 is 11.3 Å². The Labute approximate surface area is 114 Å². The van der Waals surface area contributed by atoms with Crippen molar-refractivity contribution in [1.29, 1.82) is 0 Å². The van der Waals surface area contributed by atoms with Gasteiger partial charge in [0.05, 0.1) is 4.88 Å². The largest absolute Gasteiger partial charge is 0.352 e. The van der Waals surface area contributed by atoms with Gasteiger partial charge in [-0.2, -0.15) is 0 Å². The van der Waals surface area contributed by atoms with Gasteiger partial charge in [0, 0.05) is 34.8 Å². The van der Waals surface area contributed by atoms with Crippen LogP contribution in [-0.2, 0) is 0 Å². The molecule has 0 radical (unpaired) electrons. The lowest BCUT2D eigenvalue weighted by Gasteiger charge is -1.99. The van der Waals surface area contributed by atoms with Crippen LogP contribution in [0.4, 0.5) is 0 Å². The van der Waals surface area contributed by atoms with E-state index in [1.165, 1.54) is 11.3 Å². The Hall–Kier alpha value is -2.14. The van der Waals surface area contributed by atoms with E-state index in [-0.39, 0.29) is 5.91 Å². The van der Waals surface area contributed by atoms with Crippen molar-refractivity contribution in [3.05, 3.63) is 41.5 Å². The molecule has 0 atom stereocenters. The Bertz CT molecular complexity index is 729. The third kappa shape index (κ3) is 2.13. The summed E-state index contributed by atoms with van der Waals surface area (Å²) in [5.74, 6) is -0.0156. The molecule has 19 heavy (non-hydrogen) atoms. The van der Waals surface area contributed by atoms with Gasteiger partial charge in [-0.05, 0) is 31.2 Å². The highest BCUT2D eigenvalue weighted by molar-refractivity contribution is 7.17. The fraction of sp³-hybridized carbons (Fsp3) is 0.143. The number of hydrogen-bond donors (Lipinski definition) is 2. The van der Waals surface area contributed by atoms with Crippen LogP contribution in [0.25, 0.3) is 21.5 Å². The van der Waals surface area contributed by atoms with Gasteiger partial charge in [-0.1, -0.05) is 0 Å². The van der Waals surface area contributed by atoms with Crippen LogP contribution in [0.15, 0.2) is 36.7 Å². The Kier molecular flexibility index (Phi) is 3.05. The number of rotatable bonds is 3. The predicted molar refractivity (Wildman–Crippen MR) is 77.4 cm³/mol. The van der Waals surface area contributed by atoms with Crippen LogP contribution in [0.1, 0.15) is 16.6 Å². The molecule has 3 aromatic rings. The first kappa shape index (κ1) is 11.9. The molecule has 0 aliphatic rings. The minimum Gasteiger partial charge on any atom is -0.352 e. The molecule has 0 saturated heterocycles. The minimum absolute atomic E-state index is 0.0156. The Morgan fingerprint density at radius 1 is 1.37 bits per heavy atom. The van der Waals surface area contributed by atoms with E-state index in [2.05, 4.69) is 15.3 Å². The first-order valence-corrected chi connectivity index (χ1v) is 6.91. The van der Waals surface area contributed by atoms with Crippen LogP contribution < -0.4 is 5.32 Å². The Balaban J connectivity index is 2.03. The second-order valence-corrected chi connectivity index (χ2v) is 5.21. The average molecular weight is 271 g/mol. The number of amides is 1. The molecule has 0 aliphatic carbocycles. The van der Waals surface area contributed by atoms with Gasteiger partial charge < -0.3 is 10.3 Å². The molecule has 0 fully saturated rings. The molecule has 3 rings (SSSR count). The number of H-pyrrole nitrogens is 1. The number of aromatic amines is 1. The SMILES string of the molecule is CCNC(=O)c1ccc(-c2ccnc3[nH]ccc23)s1. The standard InChI is InChI=1S/C14H13N3OS/c1-2-15-14(18)12-4-3-11(19-12)9-5-7-16-13-10(9)6-8-17-13/h3-8H,2H2,1H3,(H,15,18)(H,16,17). The number of thiophene rings is 1. The number of carbonyl (C=O) groups excluding carboxylic acids is 1. The van der Waals surface area contributed by atoms with E-state index >= 15 is 0 Å². The van der Waals surface area contributed by atoms with Crippen LogP contribution in [0, 0.1) is 0 Å². The van der Waals surface area contributed by atoms with Crippen molar-refractivity contribution in [2.45, 2.75) is 6.92 Å². The summed E-state index contributed by atoms with van der Waals surface area (Å²) in [5.41, 5.74) is 1.97. The molecule has 1 amide bonds. The maximum atomic E-state index is 11.8. The van der Waals surface area contributed by atoms with E-state index in [0.29, 0.717) is 6.54 Å². The number of hydrogen-bond acceptors (Lipinski definition) is 3. The second kappa shape index (κ2) is 4.85. The number of nitrogens with zero attached hydrogens (tertiary/aromatic N) is 1. The van der Waals surface area contributed by atoms with E-state index < -0.39 is 0 Å². The van der Waals surface area contributed by atoms with Crippen LogP contribution in [-0.4, -0.2) is 22.4 Å². The van der Waals surface area contributed by atoms with Gasteiger partial charge >= 0.3 is 0 Å². The monoisotopic (exact) mass is 271 g/mol. The van der Waals surface area contributed by atoms with Crippen molar-refractivity contribution in [2.75, 3.05) is 6.54 Å². The molecule has 5 heteroatoms. The first-order chi connectivity index (χ1) is 9.29. The van der Waals surface area contributed by atoms with Gasteiger partial charge in [0.2, 0.25) is 0 Å². The summed E-state index contributed by atoms with van der Waals surface area (Å²) in [7, 11) is 0. The summed E-state index contributed by atoms with van der Waals surface area (Å²) in [6.07, 6.45) is 3.65. The summed E-state index contributed by atoms with van der Waals surface area (Å²) in [6, 6.07) is 7.83. The van der Waals surface area contributed by atoms with Crippen molar-refractivity contribution in [2.24, 2.45) is 0 Å². The smallest absolute Gasteiger partial charge is 0.261 e. The normalized spacial score (nSPS) is 10.8. The second-order valence-electron chi connectivity index (χ2n) is 4.12. The van der Waals surface area contributed by atoms with Crippen molar-refractivity contribution < 1.29 is 4.79 Å². The molecule has 0 aromatic carbocycles. The maximum absolute atomic E-state index is 11.8. The topological polar surface area (TPSA) is 57.8 Å². The van der Waals surface area contributed by atoms with E-state index in [9.17, 15) is 4.79 Å². The van der Waals surface area contributed by atoms with E-state index in [1.807, 2.05) is 37.4 Å². The number of pyridine rings is 1. The zero-order valence-electron chi connectivity index (χ0n) is 10.4. The van der Waals surface area contributed by atoms with Crippen molar-refractivity contribution >= 4 is 28.3 Å². The summed E-state index contributed by atoms with van der Waals surface area (Å²) < 4.78 is 0. The highest BCUT2D eigenvalue weighted by Gasteiger charge is 2.11. The molecule has 0 saturated carbocycles. The molecule has 0 bridgehead atoms. The molecule has 3 aromatic heterocycles. The molecule has 96 valence electrons. The minimum atomic E-state index is -0.0156. The van der Waals surface area contributed by atoms with Crippen LogP contribution in [0.3, 0.4) is 0 Å². The molecule has 3 heterocycles. The zero-order chi connectivity index (χ0) is 13.2. The molecule has 0 aliphatic heterocycles. The zero-order valence-corrected chi connectivity index (χ0v) is 11.3. The molecule has 2 N–H and O–H groups in total. The van der Waals surface area contributed by atoms with Crippen molar-refractivity contribution in [1.82, 2.24) is 15.3 Å². The first-order valence-electron chi connectivity index (χ1n) is 6.10. The lowest BCUT2D eigenvalue weighted by molar-refractivity contribution is 0.0960. The van der Waals surface area contributed by atoms with E-state index in [0.717, 1.165) is 26.4 Å². The van der Waals surface area contributed by atoms with E-state index in [1.54, 1.807) is 6.20 Å². The highest BCUT2D eigenvalue weighted by atomic mass is 32.1. The Morgan fingerprint density at radius 2 is 2.26 bits per heavy atom. The summed E-state index contributed by atoms with van der Waals surface area (Å²) in [4.78, 5) is 21.0. The lowest BCUT2D eigenvalue weighted by atomic mass is 10.1. The van der Waals surface area contributed by atoms with Crippen LogP contribution in [0.2, 0.25) is 0 Å². The summed E-state index contributed by atoms with van der Waals surface area (Å²) in [6.45, 7) is 2.56. The van der Waals surface area contributed by atoms with Gasteiger partial charge in [0.15, 0.2) is 0 Å². The van der Waals surface area contributed by atoms with E-state index in [4.69, 9.17) is 0 Å². The molecular formula is C14H13N3OS. The average Bonchev–Trinajstić information content (AvgIpc) is 3.07. The fourth-order valence-electron chi connectivity index (χ4n) is 2.03. The lowest BCUT2D eigenvalue weighted by Crippen LogP contribution is -2.21. The number of fused-ring (bicyclic) bond motifs is 1. The van der Waals surface area contributed by atoms with Gasteiger partial charge in [-0.3, -0.25) is 4.79 Å². The third-order valence-corrected chi connectivity index (χ3v) is 4.01. The van der Waals surface area contributed by atoms with Gasteiger partial charge in [0.1, 0.15) is 5.65 Å². The highest BCUT2D eigenvalue weighted by Crippen LogP contribution is 2.32. The summed E-state index contributed by atoms with van der Waals surface area (Å²) in [5, 5.41) is 3.89. The number of nitrogens with one attached hydrogen (secondary N) is 2. The molecular weight excluding hydrogens is 258 g/mol. The molecule has 0 unspecified atom stereocenters. The number of carbonyl (C=O) groups is 1. The van der Waals surface area contributed by atoms with Crippen molar-refractivity contribution in [3.8, 4) is 10.4 Å². The Morgan fingerprint density at radius 3 is 3.11 bits per heavy atom. The quantitative estimate of drug-likeness (QED) is 0.769. The van der Waals surface area contributed by atoms with Crippen LogP contribution in [0.5, 0.6) is 0 Å². The molecule has 4 nitrogen and oxygen atoms in total. The maximum Gasteiger partial charge on any atom is 0.261 e. The third-order valence-electron chi connectivity index (χ3n) is 2.89. The molecule has 0 spiro atoms. The summed E-state index contributed by atoms with van der Waals surface area (Å²) >= 11 is 1.50. The van der Waals surface area contributed by atoms with Gasteiger partial charge in [0.25, 0.3) is 5.91 Å². The fourth-order valence-corrected chi connectivity index (χ4v) is 2.99. The predicted octanol–water partition coefficient (Wildman–Crippen LogP) is 3.04. The number of aromatic nitrogens is 2. The van der Waals surface area contributed by atoms with Gasteiger partial charge in [-0.15, -0.1) is 11.3 Å². The van der Waals surface area contributed by atoms with Crippen molar-refractivity contribution in [3.63, 3.8) is 0 Å².